The lowest BCUT2D eigenvalue weighted by molar-refractivity contribution is 0.0927. The molecule has 2 N–H and O–H groups in total. The molecule has 3 rings (SSSR count). The number of nitrogens with one attached hydrogen (secondary N) is 2. The van der Waals surface area contributed by atoms with E-state index >= 15 is 0 Å². The van der Waals surface area contributed by atoms with Gasteiger partial charge in [0.1, 0.15) is 5.82 Å². The number of aryl methyl sites for hydroxylation is 1. The quantitative estimate of drug-likeness (QED) is 0.710. The summed E-state index contributed by atoms with van der Waals surface area (Å²) in [4.78, 5) is 16.3. The molecule has 0 aliphatic carbocycles. The van der Waals surface area contributed by atoms with E-state index in [4.69, 9.17) is 4.42 Å². The molecule has 5 nitrogen and oxygen atoms in total. The summed E-state index contributed by atoms with van der Waals surface area (Å²) < 4.78 is 5.03. The second-order valence-electron chi connectivity index (χ2n) is 5.01. The Kier molecular flexibility index (Phi) is 4.05. The highest BCUT2D eigenvalue weighted by Crippen LogP contribution is 2.19. The van der Waals surface area contributed by atoms with Gasteiger partial charge in [0, 0.05) is 18.5 Å². The van der Waals surface area contributed by atoms with Crippen molar-refractivity contribution in [3.05, 3.63) is 60.1 Å². The van der Waals surface area contributed by atoms with Crippen molar-refractivity contribution in [3.8, 4) is 0 Å². The van der Waals surface area contributed by atoms with Gasteiger partial charge in [0.15, 0.2) is 5.76 Å². The predicted molar refractivity (Wildman–Crippen MR) is 86.0 cm³/mol. The van der Waals surface area contributed by atoms with E-state index < -0.39 is 0 Å². The summed E-state index contributed by atoms with van der Waals surface area (Å²) in [6, 6.07) is 13.4. The lowest BCUT2D eigenvalue weighted by Gasteiger charge is -2.10. The van der Waals surface area contributed by atoms with E-state index in [0.717, 1.165) is 22.3 Å². The number of amides is 1. The van der Waals surface area contributed by atoms with Crippen LogP contribution >= 0.6 is 0 Å². The minimum atomic E-state index is -0.213. The van der Waals surface area contributed by atoms with E-state index in [9.17, 15) is 4.79 Å². The van der Waals surface area contributed by atoms with E-state index in [1.807, 2.05) is 31.2 Å². The van der Waals surface area contributed by atoms with E-state index in [0.29, 0.717) is 18.8 Å². The van der Waals surface area contributed by atoms with Crippen LogP contribution in [-0.4, -0.2) is 24.0 Å². The summed E-state index contributed by atoms with van der Waals surface area (Å²) >= 11 is 0. The van der Waals surface area contributed by atoms with Gasteiger partial charge in [-0.25, -0.2) is 4.98 Å². The molecule has 0 saturated heterocycles. The van der Waals surface area contributed by atoms with Gasteiger partial charge >= 0.3 is 0 Å². The highest BCUT2D eigenvalue weighted by atomic mass is 16.3. The smallest absolute Gasteiger partial charge is 0.287 e. The fourth-order valence-corrected chi connectivity index (χ4v) is 2.25. The standard InChI is InChI=1S/C17H17N3O2/c1-12-11-13-5-2-3-6-14(13)20-16(12)18-8-9-19-17(21)15-7-4-10-22-15/h2-7,10-11H,8-9H2,1H3,(H,18,20)(H,19,21). The van der Waals surface area contributed by atoms with Crippen LogP contribution in [0.4, 0.5) is 5.82 Å². The first-order chi connectivity index (χ1) is 10.7. The Balaban J connectivity index is 1.57. The van der Waals surface area contributed by atoms with E-state index in [-0.39, 0.29) is 5.91 Å². The van der Waals surface area contributed by atoms with Crippen molar-refractivity contribution >= 4 is 22.6 Å². The first kappa shape index (κ1) is 14.1. The minimum Gasteiger partial charge on any atom is -0.459 e. The van der Waals surface area contributed by atoms with Gasteiger partial charge in [-0.3, -0.25) is 4.79 Å². The number of hydrogen-bond donors (Lipinski definition) is 2. The summed E-state index contributed by atoms with van der Waals surface area (Å²) in [7, 11) is 0. The number of carbonyl (C=O) groups excluding carboxylic acids is 1. The van der Waals surface area contributed by atoms with Gasteiger partial charge < -0.3 is 15.1 Å². The highest BCUT2D eigenvalue weighted by molar-refractivity contribution is 5.91. The number of fused-ring (bicyclic) bond motifs is 1. The Morgan fingerprint density at radius 2 is 2.05 bits per heavy atom. The van der Waals surface area contributed by atoms with Gasteiger partial charge in [-0.2, -0.15) is 0 Å². The molecule has 3 aromatic rings. The summed E-state index contributed by atoms with van der Waals surface area (Å²) in [6.45, 7) is 3.11. The Morgan fingerprint density at radius 3 is 2.86 bits per heavy atom. The molecule has 112 valence electrons. The molecule has 0 saturated carbocycles. The number of furan rings is 1. The van der Waals surface area contributed by atoms with Crippen LogP contribution < -0.4 is 10.6 Å². The first-order valence-electron chi connectivity index (χ1n) is 7.16. The maximum Gasteiger partial charge on any atom is 0.287 e. The van der Waals surface area contributed by atoms with E-state index in [2.05, 4.69) is 21.7 Å². The molecule has 1 amide bonds. The second kappa shape index (κ2) is 6.30. The second-order valence-corrected chi connectivity index (χ2v) is 5.01. The Morgan fingerprint density at radius 1 is 1.18 bits per heavy atom. The zero-order valence-electron chi connectivity index (χ0n) is 12.3. The fraction of sp³-hybridized carbons (Fsp3) is 0.176. The minimum absolute atomic E-state index is 0.213. The summed E-state index contributed by atoms with van der Waals surface area (Å²) in [5.41, 5.74) is 2.03. The van der Waals surface area contributed by atoms with Crippen LogP contribution in [0.25, 0.3) is 10.9 Å². The Hall–Kier alpha value is -2.82. The number of carbonyl (C=O) groups is 1. The summed E-state index contributed by atoms with van der Waals surface area (Å²) in [5, 5.41) is 7.16. The summed E-state index contributed by atoms with van der Waals surface area (Å²) in [6.07, 6.45) is 1.48. The first-order valence-corrected chi connectivity index (χ1v) is 7.16. The normalized spacial score (nSPS) is 10.6. The average Bonchev–Trinajstić information content (AvgIpc) is 3.06. The maximum absolute atomic E-state index is 11.7. The zero-order chi connectivity index (χ0) is 15.4. The highest BCUT2D eigenvalue weighted by Gasteiger charge is 2.07. The molecule has 0 fully saturated rings. The Bertz CT molecular complexity index is 782. The van der Waals surface area contributed by atoms with Gasteiger partial charge in [-0.15, -0.1) is 0 Å². The number of hydrogen-bond acceptors (Lipinski definition) is 4. The zero-order valence-corrected chi connectivity index (χ0v) is 12.3. The molecule has 1 aromatic carbocycles. The third-order valence-electron chi connectivity index (χ3n) is 3.36. The lowest BCUT2D eigenvalue weighted by atomic mass is 10.1. The molecule has 0 bridgehead atoms. The molecule has 2 heterocycles. The number of nitrogens with zero attached hydrogens (tertiary/aromatic N) is 1. The topological polar surface area (TPSA) is 67.2 Å². The SMILES string of the molecule is Cc1cc2ccccc2nc1NCCNC(=O)c1ccco1. The van der Waals surface area contributed by atoms with Crippen molar-refractivity contribution in [3.63, 3.8) is 0 Å². The number of aromatic nitrogens is 1. The number of rotatable bonds is 5. The van der Waals surface area contributed by atoms with Crippen LogP contribution in [0.5, 0.6) is 0 Å². The molecule has 0 radical (unpaired) electrons. The van der Waals surface area contributed by atoms with Crippen LogP contribution in [0.3, 0.4) is 0 Å². The van der Waals surface area contributed by atoms with Crippen molar-refractivity contribution < 1.29 is 9.21 Å². The molecule has 5 heteroatoms. The van der Waals surface area contributed by atoms with Gasteiger partial charge in [0.05, 0.1) is 11.8 Å². The monoisotopic (exact) mass is 295 g/mol. The fourth-order valence-electron chi connectivity index (χ4n) is 2.25. The van der Waals surface area contributed by atoms with Crippen molar-refractivity contribution in [2.45, 2.75) is 6.92 Å². The van der Waals surface area contributed by atoms with Crippen LogP contribution in [0.15, 0.2) is 53.1 Å². The number of para-hydroxylation sites is 1. The van der Waals surface area contributed by atoms with Crippen molar-refractivity contribution in [2.75, 3.05) is 18.4 Å². The number of pyridine rings is 1. The van der Waals surface area contributed by atoms with Gasteiger partial charge in [-0.05, 0) is 36.8 Å². The number of anilines is 1. The van der Waals surface area contributed by atoms with Gasteiger partial charge in [0.25, 0.3) is 5.91 Å². The third-order valence-corrected chi connectivity index (χ3v) is 3.36. The largest absolute Gasteiger partial charge is 0.459 e. The lowest BCUT2D eigenvalue weighted by Crippen LogP contribution is -2.28. The van der Waals surface area contributed by atoms with Gasteiger partial charge in [-0.1, -0.05) is 18.2 Å². The van der Waals surface area contributed by atoms with Gasteiger partial charge in [0.2, 0.25) is 0 Å². The van der Waals surface area contributed by atoms with E-state index in [1.165, 1.54) is 6.26 Å². The van der Waals surface area contributed by atoms with Crippen molar-refractivity contribution in [2.24, 2.45) is 0 Å². The molecule has 0 atom stereocenters. The molecule has 0 aliphatic heterocycles. The molecule has 2 aromatic heterocycles. The van der Waals surface area contributed by atoms with Crippen molar-refractivity contribution in [1.82, 2.24) is 10.3 Å². The van der Waals surface area contributed by atoms with E-state index in [1.54, 1.807) is 12.1 Å². The predicted octanol–water partition coefficient (Wildman–Crippen LogP) is 2.98. The maximum atomic E-state index is 11.7. The molecule has 0 spiro atoms. The molecule has 22 heavy (non-hydrogen) atoms. The third kappa shape index (κ3) is 3.09. The van der Waals surface area contributed by atoms with Crippen LogP contribution in [0.2, 0.25) is 0 Å². The van der Waals surface area contributed by atoms with Crippen molar-refractivity contribution in [1.29, 1.82) is 0 Å². The molecule has 0 unspecified atom stereocenters. The average molecular weight is 295 g/mol. The molecular weight excluding hydrogens is 278 g/mol. The van der Waals surface area contributed by atoms with Crippen LogP contribution in [-0.2, 0) is 0 Å². The van der Waals surface area contributed by atoms with Crippen LogP contribution in [0, 0.1) is 6.92 Å². The molecular formula is C17H17N3O2. The molecule has 0 aliphatic rings. The van der Waals surface area contributed by atoms with Crippen LogP contribution in [0.1, 0.15) is 16.1 Å². The Labute approximate surface area is 128 Å². The summed E-state index contributed by atoms with van der Waals surface area (Å²) in [5.74, 6) is 0.945. The number of benzene rings is 1.